The maximum absolute atomic E-state index is 12.2. The highest BCUT2D eigenvalue weighted by Gasteiger charge is 2.25. The predicted molar refractivity (Wildman–Crippen MR) is 71.4 cm³/mol. The van der Waals surface area contributed by atoms with Gasteiger partial charge in [-0.05, 0) is 12.1 Å². The zero-order chi connectivity index (χ0) is 14.5. The first kappa shape index (κ1) is 14.7. The van der Waals surface area contributed by atoms with Crippen LogP contribution < -0.4 is 0 Å². The number of carbonyl (C=O) groups is 2. The number of ether oxygens (including phenoxy) is 1. The van der Waals surface area contributed by atoms with Crippen LogP contribution in [-0.2, 0) is 9.53 Å². The molecule has 2 heterocycles. The third-order valence-electron chi connectivity index (χ3n) is 3.04. The van der Waals surface area contributed by atoms with E-state index >= 15 is 0 Å². The number of piperazine rings is 1. The van der Waals surface area contributed by atoms with E-state index in [0.717, 1.165) is 0 Å². The lowest BCUT2D eigenvalue weighted by atomic mass is 10.2. The third kappa shape index (κ3) is 3.43. The Morgan fingerprint density at radius 3 is 2.40 bits per heavy atom. The standard InChI is InChI=1S/C12H15ClN4O3/c1-20-8-11(18)16-4-6-17(7-5-16)12(19)9-2-3-10(13)15-14-9/h2-3H,4-8H2,1H3. The molecule has 108 valence electrons. The van der Waals surface area contributed by atoms with Crippen LogP contribution in [0.4, 0.5) is 0 Å². The number of methoxy groups -OCH3 is 1. The molecule has 0 unspecified atom stereocenters. The summed E-state index contributed by atoms with van der Waals surface area (Å²) < 4.78 is 4.81. The number of hydrogen-bond acceptors (Lipinski definition) is 5. The van der Waals surface area contributed by atoms with Crippen molar-refractivity contribution in [2.24, 2.45) is 0 Å². The van der Waals surface area contributed by atoms with Crippen LogP contribution in [0.5, 0.6) is 0 Å². The summed E-state index contributed by atoms with van der Waals surface area (Å²) in [5.41, 5.74) is 0.256. The van der Waals surface area contributed by atoms with Gasteiger partial charge in [-0.25, -0.2) is 0 Å². The van der Waals surface area contributed by atoms with Crippen molar-refractivity contribution in [1.29, 1.82) is 0 Å². The van der Waals surface area contributed by atoms with E-state index in [2.05, 4.69) is 10.2 Å². The van der Waals surface area contributed by atoms with E-state index in [0.29, 0.717) is 26.2 Å². The molecule has 1 aromatic heterocycles. The van der Waals surface area contributed by atoms with E-state index in [4.69, 9.17) is 16.3 Å². The molecule has 8 heteroatoms. The van der Waals surface area contributed by atoms with Crippen LogP contribution in [0, 0.1) is 0 Å². The van der Waals surface area contributed by atoms with Gasteiger partial charge in [-0.1, -0.05) is 11.6 Å². The first-order chi connectivity index (χ1) is 9.61. The Morgan fingerprint density at radius 2 is 1.85 bits per heavy atom. The van der Waals surface area contributed by atoms with Gasteiger partial charge in [-0.3, -0.25) is 9.59 Å². The van der Waals surface area contributed by atoms with Gasteiger partial charge in [0.2, 0.25) is 5.91 Å². The van der Waals surface area contributed by atoms with E-state index in [9.17, 15) is 9.59 Å². The van der Waals surface area contributed by atoms with E-state index in [1.807, 2.05) is 0 Å². The summed E-state index contributed by atoms with van der Waals surface area (Å²) in [5.74, 6) is -0.265. The van der Waals surface area contributed by atoms with Gasteiger partial charge in [0.05, 0.1) is 0 Å². The molecule has 0 spiro atoms. The second kappa shape index (κ2) is 6.62. The Balaban J connectivity index is 1.92. The second-order valence-corrected chi connectivity index (χ2v) is 4.73. The van der Waals surface area contributed by atoms with Crippen molar-refractivity contribution in [2.75, 3.05) is 39.9 Å². The summed E-state index contributed by atoms with van der Waals surface area (Å²) in [4.78, 5) is 27.1. The molecule has 1 fully saturated rings. The average molecular weight is 299 g/mol. The molecule has 0 aliphatic carbocycles. The minimum absolute atomic E-state index is 0.0640. The summed E-state index contributed by atoms with van der Waals surface area (Å²) in [6, 6.07) is 3.07. The lowest BCUT2D eigenvalue weighted by Gasteiger charge is -2.34. The van der Waals surface area contributed by atoms with Crippen LogP contribution in [0.25, 0.3) is 0 Å². The van der Waals surface area contributed by atoms with Gasteiger partial charge in [0, 0.05) is 33.3 Å². The fourth-order valence-electron chi connectivity index (χ4n) is 1.97. The van der Waals surface area contributed by atoms with Crippen molar-refractivity contribution in [2.45, 2.75) is 0 Å². The molecule has 0 atom stereocenters. The number of amides is 2. The largest absolute Gasteiger partial charge is 0.375 e. The molecule has 0 bridgehead atoms. The van der Waals surface area contributed by atoms with Crippen molar-refractivity contribution in [1.82, 2.24) is 20.0 Å². The van der Waals surface area contributed by atoms with Crippen LogP contribution in [0.1, 0.15) is 10.5 Å². The first-order valence-electron chi connectivity index (χ1n) is 6.17. The molecule has 0 saturated carbocycles. The molecule has 1 aromatic rings. The van der Waals surface area contributed by atoms with Gasteiger partial charge < -0.3 is 14.5 Å². The van der Waals surface area contributed by atoms with Crippen LogP contribution >= 0.6 is 11.6 Å². The average Bonchev–Trinajstić information content (AvgIpc) is 2.48. The van der Waals surface area contributed by atoms with Gasteiger partial charge in [0.1, 0.15) is 6.61 Å². The summed E-state index contributed by atoms with van der Waals surface area (Å²) in [5, 5.41) is 7.66. The normalized spacial score (nSPS) is 15.3. The molecule has 7 nitrogen and oxygen atoms in total. The number of hydrogen-bond donors (Lipinski definition) is 0. The maximum Gasteiger partial charge on any atom is 0.274 e. The molecular weight excluding hydrogens is 284 g/mol. The van der Waals surface area contributed by atoms with Gasteiger partial charge in [-0.2, -0.15) is 0 Å². The van der Waals surface area contributed by atoms with Crippen molar-refractivity contribution in [3.63, 3.8) is 0 Å². The molecule has 20 heavy (non-hydrogen) atoms. The van der Waals surface area contributed by atoms with Crippen LogP contribution in [-0.4, -0.2) is 71.7 Å². The quantitative estimate of drug-likeness (QED) is 0.789. The Morgan fingerprint density at radius 1 is 1.20 bits per heavy atom. The smallest absolute Gasteiger partial charge is 0.274 e. The summed E-state index contributed by atoms with van der Waals surface area (Å²) >= 11 is 5.63. The predicted octanol–water partition coefficient (Wildman–Crippen LogP) is 0.0608. The number of carbonyl (C=O) groups excluding carboxylic acids is 2. The molecule has 1 saturated heterocycles. The van der Waals surface area contributed by atoms with E-state index in [1.54, 1.807) is 15.9 Å². The van der Waals surface area contributed by atoms with Crippen molar-refractivity contribution in [3.8, 4) is 0 Å². The summed E-state index contributed by atoms with van der Waals surface area (Å²) in [6.07, 6.45) is 0. The van der Waals surface area contributed by atoms with Crippen molar-refractivity contribution < 1.29 is 14.3 Å². The van der Waals surface area contributed by atoms with Gasteiger partial charge >= 0.3 is 0 Å². The molecular formula is C12H15ClN4O3. The Kier molecular flexibility index (Phi) is 4.86. The first-order valence-corrected chi connectivity index (χ1v) is 6.55. The highest BCUT2D eigenvalue weighted by atomic mass is 35.5. The SMILES string of the molecule is COCC(=O)N1CCN(C(=O)c2ccc(Cl)nn2)CC1. The van der Waals surface area contributed by atoms with Crippen LogP contribution in [0.3, 0.4) is 0 Å². The number of nitrogens with zero attached hydrogens (tertiary/aromatic N) is 4. The van der Waals surface area contributed by atoms with E-state index in [-0.39, 0.29) is 29.3 Å². The van der Waals surface area contributed by atoms with E-state index in [1.165, 1.54) is 13.2 Å². The zero-order valence-corrected chi connectivity index (χ0v) is 11.8. The van der Waals surface area contributed by atoms with Gasteiger partial charge in [-0.15, -0.1) is 10.2 Å². The van der Waals surface area contributed by atoms with Crippen LogP contribution in [0.15, 0.2) is 12.1 Å². The van der Waals surface area contributed by atoms with Gasteiger partial charge in [0.25, 0.3) is 5.91 Å². The second-order valence-electron chi connectivity index (χ2n) is 4.35. The summed E-state index contributed by atoms with van der Waals surface area (Å²) in [6.45, 7) is 2.00. The molecule has 1 aliphatic rings. The Hall–Kier alpha value is -1.73. The monoisotopic (exact) mass is 298 g/mol. The van der Waals surface area contributed by atoms with Crippen molar-refractivity contribution in [3.05, 3.63) is 23.0 Å². The van der Waals surface area contributed by atoms with Crippen LogP contribution in [0.2, 0.25) is 5.15 Å². The third-order valence-corrected chi connectivity index (χ3v) is 3.24. The van der Waals surface area contributed by atoms with Gasteiger partial charge in [0.15, 0.2) is 10.8 Å². The Bertz CT molecular complexity index is 486. The van der Waals surface area contributed by atoms with Crippen molar-refractivity contribution >= 4 is 23.4 Å². The lowest BCUT2D eigenvalue weighted by molar-refractivity contribution is -0.136. The highest BCUT2D eigenvalue weighted by Crippen LogP contribution is 2.08. The summed E-state index contributed by atoms with van der Waals surface area (Å²) in [7, 11) is 1.48. The number of halogens is 1. The maximum atomic E-state index is 12.2. The number of aromatic nitrogens is 2. The molecule has 1 aliphatic heterocycles. The molecule has 0 N–H and O–H groups in total. The van der Waals surface area contributed by atoms with E-state index < -0.39 is 0 Å². The topological polar surface area (TPSA) is 75.6 Å². The lowest BCUT2D eigenvalue weighted by Crippen LogP contribution is -2.51. The highest BCUT2D eigenvalue weighted by molar-refractivity contribution is 6.29. The molecule has 0 radical (unpaired) electrons. The molecule has 2 rings (SSSR count). The fraction of sp³-hybridized carbons (Fsp3) is 0.500. The zero-order valence-electron chi connectivity index (χ0n) is 11.1. The number of rotatable bonds is 3. The fourth-order valence-corrected chi connectivity index (χ4v) is 2.07. The minimum atomic E-state index is -0.201. The minimum Gasteiger partial charge on any atom is -0.375 e. The molecule has 0 aromatic carbocycles. The molecule has 2 amide bonds. The Labute approximate surface area is 121 Å².